The number of hydrogen-bond acceptors (Lipinski definition) is 3. The lowest BCUT2D eigenvalue weighted by atomic mass is 9.65. The lowest BCUT2D eigenvalue weighted by molar-refractivity contribution is 0.304. The first-order valence-corrected chi connectivity index (χ1v) is 14.0. The number of unbranched alkanes of at least 4 members (excludes halogenated alkanes) is 7. The Balaban J connectivity index is 1.58. The zero-order valence-electron chi connectivity index (χ0n) is 22.5. The van der Waals surface area contributed by atoms with Crippen molar-refractivity contribution in [3.05, 3.63) is 125 Å². The van der Waals surface area contributed by atoms with Crippen LogP contribution in [-0.4, -0.2) is 16.8 Å². The number of hydrogen-bond donors (Lipinski definition) is 2. The molecule has 3 nitrogen and oxygen atoms in total. The minimum absolute atomic E-state index is 0.228. The minimum Gasteiger partial charge on any atom is -0.508 e. The van der Waals surface area contributed by atoms with Crippen molar-refractivity contribution in [2.45, 2.75) is 63.7 Å². The summed E-state index contributed by atoms with van der Waals surface area (Å²) in [4.78, 5) is 0. The van der Waals surface area contributed by atoms with E-state index in [1.165, 1.54) is 44.9 Å². The number of benzene rings is 4. The third kappa shape index (κ3) is 6.58. The van der Waals surface area contributed by atoms with Gasteiger partial charge in [-0.05, 0) is 65.1 Å². The van der Waals surface area contributed by atoms with Crippen molar-refractivity contribution >= 4 is 0 Å². The second-order valence-electron chi connectivity index (χ2n) is 10.1. The first-order chi connectivity index (χ1) is 18.6. The molecule has 3 heteroatoms. The van der Waals surface area contributed by atoms with Gasteiger partial charge in [-0.3, -0.25) is 0 Å². The van der Waals surface area contributed by atoms with Crippen LogP contribution in [0.1, 0.15) is 80.5 Å². The van der Waals surface area contributed by atoms with Gasteiger partial charge in [-0.2, -0.15) is 0 Å². The van der Waals surface area contributed by atoms with Gasteiger partial charge in [0.05, 0.1) is 12.0 Å². The third-order valence-corrected chi connectivity index (χ3v) is 7.36. The van der Waals surface area contributed by atoms with Gasteiger partial charge < -0.3 is 14.9 Å². The monoisotopic (exact) mass is 508 g/mol. The van der Waals surface area contributed by atoms with Crippen LogP contribution < -0.4 is 4.74 Å². The van der Waals surface area contributed by atoms with E-state index in [1.807, 2.05) is 42.5 Å². The Hall–Kier alpha value is -3.72. The lowest BCUT2D eigenvalue weighted by Gasteiger charge is -2.37. The van der Waals surface area contributed by atoms with Crippen molar-refractivity contribution in [2.75, 3.05) is 6.61 Å². The second-order valence-corrected chi connectivity index (χ2v) is 10.1. The summed E-state index contributed by atoms with van der Waals surface area (Å²) in [5.74, 6) is 1.33. The van der Waals surface area contributed by atoms with Crippen LogP contribution in [0.3, 0.4) is 0 Å². The molecule has 0 radical (unpaired) electrons. The van der Waals surface area contributed by atoms with E-state index in [2.05, 4.69) is 43.3 Å². The third-order valence-electron chi connectivity index (χ3n) is 7.36. The summed E-state index contributed by atoms with van der Waals surface area (Å²) in [5, 5.41) is 20.1. The number of aromatic hydroxyl groups is 2. The predicted octanol–water partition coefficient (Wildman–Crippen LogP) is 9.00. The highest BCUT2D eigenvalue weighted by Crippen LogP contribution is 2.46. The van der Waals surface area contributed by atoms with E-state index in [-0.39, 0.29) is 11.5 Å². The van der Waals surface area contributed by atoms with E-state index in [4.69, 9.17) is 4.74 Å². The molecule has 0 saturated heterocycles. The molecule has 0 fully saturated rings. The van der Waals surface area contributed by atoms with Gasteiger partial charge in [0.15, 0.2) is 0 Å². The summed E-state index contributed by atoms with van der Waals surface area (Å²) in [7, 11) is 0. The van der Waals surface area contributed by atoms with E-state index in [9.17, 15) is 10.2 Å². The first-order valence-electron chi connectivity index (χ1n) is 14.0. The summed E-state index contributed by atoms with van der Waals surface area (Å²) in [6.07, 6.45) is 10.2. The van der Waals surface area contributed by atoms with Crippen molar-refractivity contribution in [1.29, 1.82) is 0 Å². The van der Waals surface area contributed by atoms with Gasteiger partial charge in [-0.15, -0.1) is 0 Å². The van der Waals surface area contributed by atoms with Gasteiger partial charge in [0.1, 0.15) is 17.2 Å². The zero-order chi connectivity index (χ0) is 26.6. The molecule has 198 valence electrons. The van der Waals surface area contributed by atoms with Gasteiger partial charge in [-0.25, -0.2) is 0 Å². The standard InChI is InChI=1S/C35H40O3/c1-2-3-4-5-6-7-8-12-27-38-34-25-19-31(20-26-34)35(28-13-10-9-11-14-28,29-15-21-32(36)22-16-29)30-17-23-33(37)24-18-30/h9-11,13-26,36-37H,2-8,12,27H2,1H3. The maximum absolute atomic E-state index is 10.0. The van der Waals surface area contributed by atoms with Crippen LogP contribution in [0.5, 0.6) is 17.2 Å². The maximum Gasteiger partial charge on any atom is 0.119 e. The average Bonchev–Trinajstić information content (AvgIpc) is 2.95. The molecule has 38 heavy (non-hydrogen) atoms. The Labute approximate surface area is 227 Å². The molecule has 0 saturated carbocycles. The number of phenols is 2. The maximum atomic E-state index is 10.0. The quantitative estimate of drug-likeness (QED) is 0.132. The van der Waals surface area contributed by atoms with Crippen molar-refractivity contribution in [3.8, 4) is 17.2 Å². The second kappa shape index (κ2) is 13.7. The van der Waals surface area contributed by atoms with E-state index in [0.29, 0.717) is 0 Å². The van der Waals surface area contributed by atoms with Crippen LogP contribution in [0.15, 0.2) is 103 Å². The summed E-state index contributed by atoms with van der Waals surface area (Å²) in [6, 6.07) is 33.6. The fraction of sp³-hybridized carbons (Fsp3) is 0.314. The Morgan fingerprint density at radius 2 is 0.921 bits per heavy atom. The van der Waals surface area contributed by atoms with Crippen LogP contribution in [0, 0.1) is 0 Å². The Kier molecular flexibility index (Phi) is 9.86. The highest BCUT2D eigenvalue weighted by molar-refractivity contribution is 5.61. The molecule has 0 unspecified atom stereocenters. The summed E-state index contributed by atoms with van der Waals surface area (Å²) in [6.45, 7) is 2.99. The molecule has 0 amide bonds. The summed E-state index contributed by atoms with van der Waals surface area (Å²) in [5.41, 5.74) is 3.60. The molecule has 0 aliphatic heterocycles. The van der Waals surface area contributed by atoms with Crippen molar-refractivity contribution in [3.63, 3.8) is 0 Å². The summed E-state index contributed by atoms with van der Waals surface area (Å²) < 4.78 is 6.10. The largest absolute Gasteiger partial charge is 0.508 e. The number of phenolic OH excluding ortho intramolecular Hbond substituents is 2. The molecule has 2 N–H and O–H groups in total. The topological polar surface area (TPSA) is 49.7 Å². The molecule has 0 aliphatic rings. The Morgan fingerprint density at radius 1 is 0.500 bits per heavy atom. The normalized spacial score (nSPS) is 11.4. The van der Waals surface area contributed by atoms with Crippen LogP contribution >= 0.6 is 0 Å². The molecule has 4 rings (SSSR count). The number of rotatable bonds is 14. The molecule has 0 bridgehead atoms. The molecular formula is C35H40O3. The van der Waals surface area contributed by atoms with E-state index in [1.54, 1.807) is 24.3 Å². The highest BCUT2D eigenvalue weighted by atomic mass is 16.5. The molecule has 0 heterocycles. The smallest absolute Gasteiger partial charge is 0.119 e. The van der Waals surface area contributed by atoms with Crippen molar-refractivity contribution in [2.24, 2.45) is 0 Å². The molecule has 4 aromatic rings. The van der Waals surface area contributed by atoms with Crippen LogP contribution in [-0.2, 0) is 5.41 Å². The molecule has 0 aromatic heterocycles. The molecule has 0 aliphatic carbocycles. The first kappa shape index (κ1) is 27.3. The molecule has 0 atom stereocenters. The van der Waals surface area contributed by atoms with Gasteiger partial charge in [-0.1, -0.05) is 119 Å². The van der Waals surface area contributed by atoms with E-state index < -0.39 is 5.41 Å². The van der Waals surface area contributed by atoms with Crippen LogP contribution in [0.2, 0.25) is 0 Å². The minimum atomic E-state index is -0.640. The predicted molar refractivity (Wildman–Crippen MR) is 156 cm³/mol. The van der Waals surface area contributed by atoms with Gasteiger partial charge >= 0.3 is 0 Å². The Bertz CT molecular complexity index is 1170. The molecule has 0 spiro atoms. The highest BCUT2D eigenvalue weighted by Gasteiger charge is 2.38. The van der Waals surface area contributed by atoms with Crippen LogP contribution in [0.25, 0.3) is 0 Å². The van der Waals surface area contributed by atoms with Gasteiger partial charge in [0.25, 0.3) is 0 Å². The average molecular weight is 509 g/mol. The summed E-state index contributed by atoms with van der Waals surface area (Å²) >= 11 is 0. The Morgan fingerprint density at radius 3 is 1.42 bits per heavy atom. The van der Waals surface area contributed by atoms with Gasteiger partial charge in [0, 0.05) is 0 Å². The van der Waals surface area contributed by atoms with Crippen molar-refractivity contribution < 1.29 is 14.9 Å². The van der Waals surface area contributed by atoms with Gasteiger partial charge in [0.2, 0.25) is 0 Å². The zero-order valence-corrected chi connectivity index (χ0v) is 22.5. The van der Waals surface area contributed by atoms with Crippen molar-refractivity contribution in [1.82, 2.24) is 0 Å². The van der Waals surface area contributed by atoms with Crippen LogP contribution in [0.4, 0.5) is 0 Å². The lowest BCUT2D eigenvalue weighted by Crippen LogP contribution is -2.30. The molecule has 4 aromatic carbocycles. The number of ether oxygens (including phenoxy) is 1. The molecular weight excluding hydrogens is 468 g/mol. The van der Waals surface area contributed by atoms with E-state index in [0.717, 1.165) is 41.0 Å². The SMILES string of the molecule is CCCCCCCCCCOc1ccc(C(c2ccccc2)(c2ccc(O)cc2)c2ccc(O)cc2)cc1. The fourth-order valence-corrected chi connectivity index (χ4v) is 5.34. The van der Waals surface area contributed by atoms with E-state index >= 15 is 0 Å². The fourth-order valence-electron chi connectivity index (χ4n) is 5.34.